The minimum atomic E-state index is -4.71. The Balaban J connectivity index is 2.81. The van der Waals surface area contributed by atoms with Crippen molar-refractivity contribution in [1.82, 2.24) is 0 Å². The monoisotopic (exact) mass is 366 g/mol. The molecule has 90 valence electrons. The molecule has 0 bridgehead atoms. The molecule has 0 radical (unpaired) electrons. The zero-order chi connectivity index (χ0) is 12.2. The maximum atomic E-state index is 11.9. The van der Waals surface area contributed by atoms with Gasteiger partial charge in [0, 0.05) is 10.5 Å². The Morgan fingerprint density at radius 1 is 1.31 bits per heavy atom. The van der Waals surface area contributed by atoms with Crippen LogP contribution in [0.4, 0.5) is 13.2 Å². The number of benzene rings is 1. The van der Waals surface area contributed by atoms with Gasteiger partial charge >= 0.3 is 6.36 Å². The average Bonchev–Trinajstić information content (AvgIpc) is 2.17. The molecule has 1 aromatic carbocycles. The highest BCUT2D eigenvalue weighted by atomic mass is 127. The number of hydrogen-bond acceptors (Lipinski definition) is 2. The lowest BCUT2D eigenvalue weighted by molar-refractivity contribution is -0.274. The maximum Gasteiger partial charge on any atom is 0.573 e. The molecule has 0 aliphatic rings. The Morgan fingerprint density at radius 2 is 2.00 bits per heavy atom. The number of hydrogen-bond donors (Lipinski definition) is 0. The van der Waals surface area contributed by atoms with Crippen molar-refractivity contribution in [2.45, 2.75) is 6.36 Å². The summed E-state index contributed by atoms with van der Waals surface area (Å²) in [6.07, 6.45) is -4.71. The summed E-state index contributed by atoms with van der Waals surface area (Å²) in [5.74, 6) is -0.166. The Labute approximate surface area is 109 Å². The molecular formula is C9H7ClF3IO2. The summed E-state index contributed by atoms with van der Waals surface area (Å²) in [6.45, 7) is 0.371. The van der Waals surface area contributed by atoms with Crippen molar-refractivity contribution >= 4 is 34.2 Å². The molecule has 0 aliphatic carbocycles. The van der Waals surface area contributed by atoms with Crippen LogP contribution >= 0.6 is 34.2 Å². The van der Waals surface area contributed by atoms with Crippen LogP contribution in [0.25, 0.3) is 0 Å². The molecule has 2 nitrogen and oxygen atoms in total. The fraction of sp³-hybridized carbons (Fsp3) is 0.333. The molecule has 0 spiro atoms. The molecule has 1 aromatic rings. The molecular weight excluding hydrogens is 359 g/mol. The van der Waals surface area contributed by atoms with E-state index in [0.717, 1.165) is 12.1 Å². The summed E-state index contributed by atoms with van der Waals surface area (Å²) in [4.78, 5) is 0. The zero-order valence-electron chi connectivity index (χ0n) is 7.85. The normalized spacial score (nSPS) is 11.3. The van der Waals surface area contributed by atoms with E-state index in [9.17, 15) is 13.2 Å². The summed E-state index contributed by atoms with van der Waals surface area (Å²) in [5, 5.41) is 0.249. The van der Waals surface area contributed by atoms with Gasteiger partial charge < -0.3 is 9.47 Å². The van der Waals surface area contributed by atoms with Gasteiger partial charge in [0.25, 0.3) is 0 Å². The number of rotatable bonds is 4. The topological polar surface area (TPSA) is 18.5 Å². The van der Waals surface area contributed by atoms with Gasteiger partial charge in [-0.15, -0.1) is 13.2 Å². The Kier molecular flexibility index (Phi) is 4.97. The first kappa shape index (κ1) is 13.7. The van der Waals surface area contributed by atoms with Crippen LogP contribution in [-0.2, 0) is 0 Å². The second-order valence-electron chi connectivity index (χ2n) is 2.68. The van der Waals surface area contributed by atoms with Crippen molar-refractivity contribution in [2.75, 3.05) is 11.0 Å². The summed E-state index contributed by atoms with van der Waals surface area (Å²) in [7, 11) is 0. The Morgan fingerprint density at radius 3 is 2.56 bits per heavy atom. The van der Waals surface area contributed by atoms with E-state index < -0.39 is 6.36 Å². The molecule has 0 N–H and O–H groups in total. The second-order valence-corrected chi connectivity index (χ2v) is 4.16. The molecule has 0 atom stereocenters. The molecule has 7 heteroatoms. The largest absolute Gasteiger partial charge is 0.573 e. The van der Waals surface area contributed by atoms with Crippen molar-refractivity contribution in [3.8, 4) is 11.5 Å². The van der Waals surface area contributed by atoms with Crippen LogP contribution in [0.2, 0.25) is 5.02 Å². The number of alkyl halides is 4. The Bertz CT molecular complexity index is 357. The minimum Gasteiger partial charge on any atom is -0.491 e. The van der Waals surface area contributed by atoms with Crippen LogP contribution in [0.5, 0.6) is 11.5 Å². The van der Waals surface area contributed by atoms with Gasteiger partial charge in [0.15, 0.2) is 0 Å². The van der Waals surface area contributed by atoms with E-state index in [-0.39, 0.29) is 16.5 Å². The molecule has 1 rings (SSSR count). The van der Waals surface area contributed by atoms with Gasteiger partial charge in [0.05, 0.1) is 11.6 Å². The van der Waals surface area contributed by atoms with E-state index in [1.165, 1.54) is 6.07 Å². The van der Waals surface area contributed by atoms with Gasteiger partial charge in [-0.05, 0) is 12.1 Å². The first-order chi connectivity index (χ1) is 7.42. The third-order valence-electron chi connectivity index (χ3n) is 1.47. The summed E-state index contributed by atoms with van der Waals surface area (Å²) in [6, 6.07) is 3.54. The third kappa shape index (κ3) is 4.65. The summed E-state index contributed by atoms with van der Waals surface area (Å²) in [5.41, 5.74) is 0. The minimum absolute atomic E-state index is 0.181. The van der Waals surface area contributed by atoms with E-state index in [2.05, 4.69) is 27.3 Å². The van der Waals surface area contributed by atoms with Gasteiger partial charge in [-0.3, -0.25) is 0 Å². The lowest BCUT2D eigenvalue weighted by Crippen LogP contribution is -2.17. The smallest absolute Gasteiger partial charge is 0.491 e. The van der Waals surface area contributed by atoms with Crippen LogP contribution in [-0.4, -0.2) is 17.4 Å². The molecule has 0 heterocycles. The molecule has 0 amide bonds. The highest BCUT2D eigenvalue weighted by Crippen LogP contribution is 2.31. The molecule has 0 saturated heterocycles. The zero-order valence-corrected chi connectivity index (χ0v) is 10.8. The van der Waals surface area contributed by atoms with Gasteiger partial charge in [-0.1, -0.05) is 34.2 Å². The lowest BCUT2D eigenvalue weighted by atomic mass is 10.3. The van der Waals surface area contributed by atoms with Gasteiger partial charge in [-0.2, -0.15) is 0 Å². The molecule has 16 heavy (non-hydrogen) atoms. The predicted octanol–water partition coefficient (Wildman–Crippen LogP) is 4.05. The van der Waals surface area contributed by atoms with E-state index in [0.29, 0.717) is 11.0 Å². The van der Waals surface area contributed by atoms with Crippen LogP contribution in [0.1, 0.15) is 0 Å². The molecule has 0 saturated carbocycles. The van der Waals surface area contributed by atoms with Crippen molar-refractivity contribution in [3.63, 3.8) is 0 Å². The fourth-order valence-corrected chi connectivity index (χ4v) is 1.33. The van der Waals surface area contributed by atoms with E-state index in [1.807, 2.05) is 0 Å². The third-order valence-corrected chi connectivity index (χ3v) is 2.22. The van der Waals surface area contributed by atoms with Crippen LogP contribution in [0.3, 0.4) is 0 Å². The molecule has 0 fully saturated rings. The first-order valence-electron chi connectivity index (χ1n) is 4.16. The molecule has 0 aliphatic heterocycles. The lowest BCUT2D eigenvalue weighted by Gasteiger charge is -2.11. The van der Waals surface area contributed by atoms with Crippen molar-refractivity contribution in [1.29, 1.82) is 0 Å². The summed E-state index contributed by atoms with van der Waals surface area (Å²) >= 11 is 7.82. The van der Waals surface area contributed by atoms with Crippen LogP contribution in [0, 0.1) is 0 Å². The van der Waals surface area contributed by atoms with E-state index >= 15 is 0 Å². The van der Waals surface area contributed by atoms with Crippen LogP contribution < -0.4 is 9.47 Å². The Hall–Kier alpha value is -0.370. The maximum absolute atomic E-state index is 11.9. The quantitative estimate of drug-likeness (QED) is 0.591. The van der Waals surface area contributed by atoms with Gasteiger partial charge in [-0.25, -0.2) is 0 Å². The second kappa shape index (κ2) is 5.81. The molecule has 0 aromatic heterocycles. The van der Waals surface area contributed by atoms with Crippen molar-refractivity contribution < 1.29 is 22.6 Å². The van der Waals surface area contributed by atoms with E-state index in [1.54, 1.807) is 0 Å². The molecule has 0 unspecified atom stereocenters. The first-order valence-corrected chi connectivity index (χ1v) is 6.07. The van der Waals surface area contributed by atoms with E-state index in [4.69, 9.17) is 16.3 Å². The van der Waals surface area contributed by atoms with Crippen LogP contribution in [0.15, 0.2) is 18.2 Å². The number of halogens is 5. The van der Waals surface area contributed by atoms with Crippen molar-refractivity contribution in [3.05, 3.63) is 23.2 Å². The average molecular weight is 367 g/mol. The summed E-state index contributed by atoms with van der Waals surface area (Å²) < 4.78 is 45.4. The van der Waals surface area contributed by atoms with Crippen molar-refractivity contribution in [2.24, 2.45) is 0 Å². The highest BCUT2D eigenvalue weighted by molar-refractivity contribution is 14.1. The SMILES string of the molecule is FC(F)(F)Oc1ccc(Cl)c(OCCI)c1. The standard InChI is InChI=1S/C9H7ClF3IO2/c10-7-2-1-6(16-9(11,12)13)5-8(7)15-4-3-14/h1-2,5H,3-4H2. The van der Waals surface area contributed by atoms with Gasteiger partial charge in [0.1, 0.15) is 11.5 Å². The number of ether oxygens (including phenoxy) is 2. The predicted molar refractivity (Wildman–Crippen MR) is 62.5 cm³/mol. The van der Waals surface area contributed by atoms with Gasteiger partial charge in [0.2, 0.25) is 0 Å². The highest BCUT2D eigenvalue weighted by Gasteiger charge is 2.31. The fourth-order valence-electron chi connectivity index (χ4n) is 0.940.